The highest BCUT2D eigenvalue weighted by molar-refractivity contribution is 6.07. The van der Waals surface area contributed by atoms with Crippen molar-refractivity contribution in [2.24, 2.45) is 0 Å². The molecule has 0 aliphatic heterocycles. The smallest absolute Gasteiger partial charge is 0.254 e. The lowest BCUT2D eigenvalue weighted by molar-refractivity contribution is 0.0796. The van der Waals surface area contributed by atoms with Crippen LogP contribution in [0.2, 0.25) is 0 Å². The number of rotatable bonds is 3. The lowest BCUT2D eigenvalue weighted by Gasteiger charge is -2.15. The lowest BCUT2D eigenvalue weighted by atomic mass is 10.0. The molecule has 1 aromatic rings. The summed E-state index contributed by atoms with van der Waals surface area (Å²) in [4.78, 5) is 24.8. The monoisotopic (exact) mass is 205 g/mol. The van der Waals surface area contributed by atoms with E-state index >= 15 is 0 Å². The molecule has 0 bridgehead atoms. The fourth-order valence-electron chi connectivity index (χ4n) is 1.33. The van der Waals surface area contributed by atoms with Crippen molar-refractivity contribution in [3.63, 3.8) is 0 Å². The first-order valence-electron chi connectivity index (χ1n) is 4.93. The minimum absolute atomic E-state index is 0.0801. The van der Waals surface area contributed by atoms with Gasteiger partial charge in [0.15, 0.2) is 5.78 Å². The van der Waals surface area contributed by atoms with E-state index in [9.17, 15) is 9.59 Å². The highest BCUT2D eigenvalue weighted by Gasteiger charge is 2.15. The Morgan fingerprint density at radius 3 is 2.20 bits per heavy atom. The summed E-state index contributed by atoms with van der Waals surface area (Å²) >= 11 is 0. The molecule has 1 aromatic carbocycles. The molecule has 0 atom stereocenters. The maximum Gasteiger partial charge on any atom is 0.254 e. The molecular formula is C12H15NO2. The number of hydrogen-bond acceptors (Lipinski definition) is 2. The second-order valence-electron chi connectivity index (χ2n) is 3.42. The van der Waals surface area contributed by atoms with Gasteiger partial charge >= 0.3 is 0 Å². The van der Waals surface area contributed by atoms with E-state index in [1.807, 2.05) is 6.92 Å². The number of carbonyl (C=O) groups excluding carboxylic acids is 2. The van der Waals surface area contributed by atoms with Gasteiger partial charge in [0.2, 0.25) is 0 Å². The van der Waals surface area contributed by atoms with Crippen LogP contribution in [0.3, 0.4) is 0 Å². The standard InChI is InChI=1S/C12H15NO2/c1-4-13(3)12(15)11-8-6-5-7-10(11)9(2)14/h5-8H,4H2,1-3H3. The van der Waals surface area contributed by atoms with Gasteiger partial charge in [-0.2, -0.15) is 0 Å². The molecular weight excluding hydrogens is 190 g/mol. The van der Waals surface area contributed by atoms with Gasteiger partial charge in [0, 0.05) is 19.2 Å². The van der Waals surface area contributed by atoms with Crippen LogP contribution in [0.5, 0.6) is 0 Å². The summed E-state index contributed by atoms with van der Waals surface area (Å²) < 4.78 is 0. The topological polar surface area (TPSA) is 37.4 Å². The van der Waals surface area contributed by atoms with Crippen LogP contribution in [-0.4, -0.2) is 30.2 Å². The molecule has 3 nitrogen and oxygen atoms in total. The molecule has 0 aromatic heterocycles. The highest BCUT2D eigenvalue weighted by Crippen LogP contribution is 2.11. The zero-order valence-corrected chi connectivity index (χ0v) is 9.28. The third-order valence-electron chi connectivity index (χ3n) is 2.36. The molecule has 0 radical (unpaired) electrons. The number of ketones is 1. The Hall–Kier alpha value is -1.64. The molecule has 1 rings (SSSR count). The number of hydrogen-bond donors (Lipinski definition) is 0. The Morgan fingerprint density at radius 1 is 1.20 bits per heavy atom. The van der Waals surface area contributed by atoms with Gasteiger partial charge in [0.05, 0.1) is 5.56 Å². The van der Waals surface area contributed by atoms with E-state index < -0.39 is 0 Å². The first-order chi connectivity index (χ1) is 7.07. The summed E-state index contributed by atoms with van der Waals surface area (Å²) in [5.41, 5.74) is 0.970. The van der Waals surface area contributed by atoms with Crippen LogP contribution in [0, 0.1) is 0 Å². The van der Waals surface area contributed by atoms with Gasteiger partial charge in [-0.25, -0.2) is 0 Å². The number of benzene rings is 1. The summed E-state index contributed by atoms with van der Waals surface area (Å²) in [6.45, 7) is 4.00. The summed E-state index contributed by atoms with van der Waals surface area (Å²) in [5, 5.41) is 0. The quantitative estimate of drug-likeness (QED) is 0.707. The van der Waals surface area contributed by atoms with E-state index in [1.54, 1.807) is 36.2 Å². The number of nitrogens with zero attached hydrogens (tertiary/aromatic N) is 1. The van der Waals surface area contributed by atoms with E-state index in [1.165, 1.54) is 6.92 Å². The first-order valence-corrected chi connectivity index (χ1v) is 4.93. The summed E-state index contributed by atoms with van der Waals surface area (Å²) in [7, 11) is 1.72. The molecule has 0 saturated heterocycles. The van der Waals surface area contributed by atoms with E-state index in [0.717, 1.165) is 0 Å². The number of carbonyl (C=O) groups is 2. The van der Waals surface area contributed by atoms with Crippen LogP contribution < -0.4 is 0 Å². The molecule has 3 heteroatoms. The minimum Gasteiger partial charge on any atom is -0.342 e. The molecule has 0 aliphatic rings. The van der Waals surface area contributed by atoms with Gasteiger partial charge in [-0.05, 0) is 19.9 Å². The van der Waals surface area contributed by atoms with Gasteiger partial charge in [0.1, 0.15) is 0 Å². The van der Waals surface area contributed by atoms with Crippen LogP contribution >= 0.6 is 0 Å². The zero-order valence-electron chi connectivity index (χ0n) is 9.28. The Morgan fingerprint density at radius 2 is 1.73 bits per heavy atom. The third-order valence-corrected chi connectivity index (χ3v) is 2.36. The van der Waals surface area contributed by atoms with Crippen molar-refractivity contribution < 1.29 is 9.59 Å². The first kappa shape index (κ1) is 11.4. The van der Waals surface area contributed by atoms with Crippen LogP contribution in [-0.2, 0) is 0 Å². The molecule has 0 unspecified atom stereocenters. The van der Waals surface area contributed by atoms with Crippen molar-refractivity contribution in [2.75, 3.05) is 13.6 Å². The number of Topliss-reactive ketones (excluding diaryl/α,β-unsaturated/α-hetero) is 1. The molecule has 15 heavy (non-hydrogen) atoms. The van der Waals surface area contributed by atoms with Gasteiger partial charge in [-0.15, -0.1) is 0 Å². The second kappa shape index (κ2) is 4.73. The zero-order chi connectivity index (χ0) is 11.4. The molecule has 1 amide bonds. The van der Waals surface area contributed by atoms with Gasteiger partial charge in [-0.1, -0.05) is 18.2 Å². The predicted molar refractivity (Wildman–Crippen MR) is 59.1 cm³/mol. The molecule has 0 spiro atoms. The highest BCUT2D eigenvalue weighted by atomic mass is 16.2. The van der Waals surface area contributed by atoms with Crippen molar-refractivity contribution in [1.29, 1.82) is 0 Å². The molecule has 0 aliphatic carbocycles. The Kier molecular flexibility index (Phi) is 3.61. The Balaban J connectivity index is 3.13. The largest absolute Gasteiger partial charge is 0.342 e. The van der Waals surface area contributed by atoms with Crippen molar-refractivity contribution in [3.8, 4) is 0 Å². The summed E-state index contributed by atoms with van der Waals surface area (Å²) in [6, 6.07) is 6.90. The Labute approximate surface area is 89.7 Å². The average Bonchev–Trinajstić information content (AvgIpc) is 2.27. The van der Waals surface area contributed by atoms with Gasteiger partial charge < -0.3 is 4.90 Å². The van der Waals surface area contributed by atoms with E-state index in [4.69, 9.17) is 0 Å². The van der Waals surface area contributed by atoms with Crippen molar-refractivity contribution in [3.05, 3.63) is 35.4 Å². The minimum atomic E-state index is -0.108. The third kappa shape index (κ3) is 2.43. The predicted octanol–water partition coefficient (Wildman–Crippen LogP) is 1.98. The maximum absolute atomic E-state index is 11.9. The fraction of sp³-hybridized carbons (Fsp3) is 0.333. The van der Waals surface area contributed by atoms with Crippen molar-refractivity contribution in [1.82, 2.24) is 4.90 Å². The molecule has 0 N–H and O–H groups in total. The van der Waals surface area contributed by atoms with E-state index in [0.29, 0.717) is 17.7 Å². The van der Waals surface area contributed by atoms with Crippen LogP contribution in [0.25, 0.3) is 0 Å². The van der Waals surface area contributed by atoms with Crippen LogP contribution in [0.15, 0.2) is 24.3 Å². The van der Waals surface area contributed by atoms with Crippen molar-refractivity contribution >= 4 is 11.7 Å². The summed E-state index contributed by atoms with van der Waals surface area (Å²) in [5.74, 6) is -0.188. The normalized spacial score (nSPS) is 9.80. The summed E-state index contributed by atoms with van der Waals surface area (Å²) in [6.07, 6.45) is 0. The molecule has 0 saturated carbocycles. The van der Waals surface area contributed by atoms with E-state index in [2.05, 4.69) is 0 Å². The van der Waals surface area contributed by atoms with Gasteiger partial charge in [-0.3, -0.25) is 9.59 Å². The SMILES string of the molecule is CCN(C)C(=O)c1ccccc1C(C)=O. The van der Waals surface area contributed by atoms with Crippen molar-refractivity contribution in [2.45, 2.75) is 13.8 Å². The van der Waals surface area contributed by atoms with E-state index in [-0.39, 0.29) is 11.7 Å². The second-order valence-corrected chi connectivity index (χ2v) is 3.42. The number of amides is 1. The molecule has 0 fully saturated rings. The molecule has 80 valence electrons. The fourth-order valence-corrected chi connectivity index (χ4v) is 1.33. The average molecular weight is 205 g/mol. The van der Waals surface area contributed by atoms with Crippen LogP contribution in [0.4, 0.5) is 0 Å². The van der Waals surface area contributed by atoms with Crippen LogP contribution in [0.1, 0.15) is 34.6 Å². The molecule has 0 heterocycles. The Bertz CT molecular complexity index is 385. The van der Waals surface area contributed by atoms with Gasteiger partial charge in [0.25, 0.3) is 5.91 Å². The maximum atomic E-state index is 11.9. The lowest BCUT2D eigenvalue weighted by Crippen LogP contribution is -2.27.